The minimum Gasteiger partial charge on any atom is -0.497 e. The number of rotatable bonds is 10. The molecule has 1 N–H and O–H groups in total. The lowest BCUT2D eigenvalue weighted by Crippen LogP contribution is -2.47. The molecule has 1 unspecified atom stereocenters. The smallest absolute Gasteiger partial charge is 0.269 e. The van der Waals surface area contributed by atoms with Crippen molar-refractivity contribution in [1.82, 2.24) is 15.2 Å². The lowest BCUT2D eigenvalue weighted by atomic mass is 9.94. The molecule has 0 saturated heterocycles. The molecule has 1 saturated carbocycles. The molecule has 1 aromatic heterocycles. The quantitative estimate of drug-likeness (QED) is 0.202. The molecule has 0 bridgehead atoms. The van der Waals surface area contributed by atoms with E-state index in [0.29, 0.717) is 17.7 Å². The van der Waals surface area contributed by atoms with E-state index < -0.39 is 16.9 Å². The third-order valence-electron chi connectivity index (χ3n) is 6.94. The molecule has 10 heteroatoms. The fourth-order valence-corrected chi connectivity index (χ4v) is 4.98. The van der Waals surface area contributed by atoms with E-state index in [-0.39, 0.29) is 34.9 Å². The number of nitrogens with one attached hydrogen (secondary N) is 1. The van der Waals surface area contributed by atoms with E-state index in [1.807, 2.05) is 24.3 Å². The van der Waals surface area contributed by atoms with E-state index in [2.05, 4.69) is 10.3 Å². The number of hydrogen-bond acceptors (Lipinski definition) is 6. The number of amides is 2. The van der Waals surface area contributed by atoms with Crippen LogP contribution in [-0.2, 0) is 11.2 Å². The van der Waals surface area contributed by atoms with Crippen molar-refractivity contribution in [2.75, 3.05) is 13.7 Å². The van der Waals surface area contributed by atoms with Crippen molar-refractivity contribution >= 4 is 29.1 Å². The third kappa shape index (κ3) is 7.32. The first-order valence-corrected chi connectivity index (χ1v) is 13.3. The molecule has 2 amide bonds. The molecule has 1 heterocycles. The van der Waals surface area contributed by atoms with Crippen molar-refractivity contribution in [3.05, 3.63) is 98.8 Å². The number of hydrogen-bond donors (Lipinski definition) is 1. The van der Waals surface area contributed by atoms with Gasteiger partial charge in [-0.05, 0) is 66.8 Å². The van der Waals surface area contributed by atoms with Crippen molar-refractivity contribution in [3.63, 3.8) is 0 Å². The number of aromatic nitrogens is 1. The maximum Gasteiger partial charge on any atom is 0.269 e. The number of nitro groups is 1. The van der Waals surface area contributed by atoms with Gasteiger partial charge < -0.3 is 15.0 Å². The standard InChI is InChI=1S/C29H31ClN4O5/c1-39-25-9-5-6-20(18-25)16-17-33(29(36)22-12-15-26(30)31-19-22)27(21-10-13-24(14-11-21)34(37)38)28(35)32-23-7-3-2-4-8-23/h5-6,9-15,18-19,23,27H,2-4,7-8,16-17H2,1H3,(H,32,35). The van der Waals surface area contributed by atoms with Crippen LogP contribution in [0.2, 0.25) is 5.15 Å². The van der Waals surface area contributed by atoms with Crippen LogP contribution in [0.1, 0.15) is 59.6 Å². The van der Waals surface area contributed by atoms with Crippen LogP contribution in [-0.4, -0.2) is 46.3 Å². The van der Waals surface area contributed by atoms with Crippen molar-refractivity contribution in [1.29, 1.82) is 0 Å². The van der Waals surface area contributed by atoms with E-state index in [4.69, 9.17) is 16.3 Å². The van der Waals surface area contributed by atoms with Crippen molar-refractivity contribution in [3.8, 4) is 5.75 Å². The first-order valence-electron chi connectivity index (χ1n) is 13.0. The molecule has 0 spiro atoms. The molecule has 1 fully saturated rings. The van der Waals surface area contributed by atoms with Crippen molar-refractivity contribution in [2.24, 2.45) is 0 Å². The van der Waals surface area contributed by atoms with Gasteiger partial charge in [0.1, 0.15) is 16.9 Å². The zero-order chi connectivity index (χ0) is 27.8. The third-order valence-corrected chi connectivity index (χ3v) is 7.17. The van der Waals surface area contributed by atoms with Crippen molar-refractivity contribution in [2.45, 2.75) is 50.6 Å². The fraction of sp³-hybridized carbons (Fsp3) is 0.345. The molecule has 39 heavy (non-hydrogen) atoms. The van der Waals surface area contributed by atoms with Crippen LogP contribution in [0.4, 0.5) is 5.69 Å². The zero-order valence-corrected chi connectivity index (χ0v) is 22.5. The molecule has 3 aromatic rings. The molecule has 204 valence electrons. The van der Waals surface area contributed by atoms with Gasteiger partial charge in [-0.1, -0.05) is 43.0 Å². The number of ether oxygens (including phenoxy) is 1. The summed E-state index contributed by atoms with van der Waals surface area (Å²) in [6, 6.07) is 15.4. The maximum atomic E-state index is 13.9. The van der Waals surface area contributed by atoms with Gasteiger partial charge >= 0.3 is 0 Å². The Kier molecular flexibility index (Phi) is 9.49. The van der Waals surface area contributed by atoms with Crippen LogP contribution in [0.5, 0.6) is 5.75 Å². The first kappa shape index (κ1) is 28.0. The van der Waals surface area contributed by atoms with Gasteiger partial charge in [0, 0.05) is 30.9 Å². The molecule has 0 aliphatic heterocycles. The number of nitro benzene ring substituents is 1. The highest BCUT2D eigenvalue weighted by Crippen LogP contribution is 2.28. The van der Waals surface area contributed by atoms with Crippen LogP contribution in [0, 0.1) is 10.1 Å². The summed E-state index contributed by atoms with van der Waals surface area (Å²) < 4.78 is 5.34. The topological polar surface area (TPSA) is 115 Å². The van der Waals surface area contributed by atoms with E-state index in [1.165, 1.54) is 41.4 Å². The summed E-state index contributed by atoms with van der Waals surface area (Å²) in [5, 5.41) is 14.7. The van der Waals surface area contributed by atoms with Crippen LogP contribution in [0.3, 0.4) is 0 Å². The average molecular weight is 551 g/mol. The van der Waals surface area contributed by atoms with Gasteiger partial charge in [0.15, 0.2) is 0 Å². The lowest BCUT2D eigenvalue weighted by molar-refractivity contribution is -0.384. The molecule has 2 aromatic carbocycles. The summed E-state index contributed by atoms with van der Waals surface area (Å²) in [5.74, 6) is -0.0323. The minimum absolute atomic E-state index is 0.0133. The summed E-state index contributed by atoms with van der Waals surface area (Å²) in [7, 11) is 1.59. The molecule has 9 nitrogen and oxygen atoms in total. The second-order valence-electron chi connectivity index (χ2n) is 9.56. The Labute approximate surface area is 232 Å². The number of pyridine rings is 1. The van der Waals surface area contributed by atoms with Gasteiger partial charge in [-0.2, -0.15) is 0 Å². The van der Waals surface area contributed by atoms with Crippen LogP contribution >= 0.6 is 11.6 Å². The van der Waals surface area contributed by atoms with Crippen molar-refractivity contribution < 1.29 is 19.2 Å². The van der Waals surface area contributed by atoms with Crippen LogP contribution in [0.25, 0.3) is 0 Å². The number of carbonyl (C=O) groups is 2. The molecule has 1 aliphatic rings. The summed E-state index contributed by atoms with van der Waals surface area (Å²) in [4.78, 5) is 44.1. The second kappa shape index (κ2) is 13.2. The van der Waals surface area contributed by atoms with Gasteiger partial charge in [0.25, 0.3) is 11.6 Å². The summed E-state index contributed by atoms with van der Waals surface area (Å²) in [6.45, 7) is 0.203. The van der Waals surface area contributed by atoms with Gasteiger partial charge in [0.2, 0.25) is 5.91 Å². The van der Waals surface area contributed by atoms with Gasteiger partial charge in [0.05, 0.1) is 17.6 Å². The maximum absolute atomic E-state index is 13.9. The highest BCUT2D eigenvalue weighted by Gasteiger charge is 2.33. The predicted octanol–water partition coefficient (Wildman–Crippen LogP) is 5.53. The van der Waals surface area contributed by atoms with E-state index in [1.54, 1.807) is 13.2 Å². The van der Waals surface area contributed by atoms with E-state index >= 15 is 0 Å². The lowest BCUT2D eigenvalue weighted by Gasteiger charge is -2.33. The van der Waals surface area contributed by atoms with Crippen LogP contribution < -0.4 is 10.1 Å². The zero-order valence-electron chi connectivity index (χ0n) is 21.7. The number of nitrogens with zero attached hydrogens (tertiary/aromatic N) is 3. The predicted molar refractivity (Wildman–Crippen MR) is 148 cm³/mol. The Balaban J connectivity index is 1.72. The van der Waals surface area contributed by atoms with Gasteiger partial charge in [-0.15, -0.1) is 0 Å². The molecular weight excluding hydrogens is 520 g/mol. The summed E-state index contributed by atoms with van der Waals surface area (Å²) in [6.07, 6.45) is 6.77. The molecule has 0 radical (unpaired) electrons. The molecular formula is C29H31ClN4O5. The SMILES string of the molecule is COc1cccc(CCN(C(=O)c2ccc(Cl)nc2)C(C(=O)NC2CCCCC2)c2ccc([N+](=O)[O-])cc2)c1. The van der Waals surface area contributed by atoms with E-state index in [0.717, 1.165) is 37.7 Å². The molecule has 1 aliphatic carbocycles. The Bertz CT molecular complexity index is 1290. The number of halogens is 1. The monoisotopic (exact) mass is 550 g/mol. The normalized spacial score (nSPS) is 14.3. The average Bonchev–Trinajstić information content (AvgIpc) is 2.96. The Morgan fingerprint density at radius 2 is 1.87 bits per heavy atom. The number of methoxy groups -OCH3 is 1. The number of benzene rings is 2. The van der Waals surface area contributed by atoms with Gasteiger partial charge in [-0.3, -0.25) is 19.7 Å². The number of carbonyl (C=O) groups excluding carboxylic acids is 2. The van der Waals surface area contributed by atoms with Crippen LogP contribution in [0.15, 0.2) is 66.9 Å². The second-order valence-corrected chi connectivity index (χ2v) is 9.95. The highest BCUT2D eigenvalue weighted by molar-refractivity contribution is 6.29. The summed E-state index contributed by atoms with van der Waals surface area (Å²) >= 11 is 5.96. The summed E-state index contributed by atoms with van der Waals surface area (Å²) in [5.41, 5.74) is 1.59. The minimum atomic E-state index is -1.01. The molecule has 1 atom stereocenters. The Morgan fingerprint density at radius 3 is 2.51 bits per heavy atom. The number of non-ortho nitro benzene ring substituents is 1. The van der Waals surface area contributed by atoms with Gasteiger partial charge in [-0.25, -0.2) is 4.98 Å². The highest BCUT2D eigenvalue weighted by atomic mass is 35.5. The Hall–Kier alpha value is -3.98. The van der Waals surface area contributed by atoms with E-state index in [9.17, 15) is 19.7 Å². The largest absolute Gasteiger partial charge is 0.497 e. The fourth-order valence-electron chi connectivity index (χ4n) is 4.87. The Morgan fingerprint density at radius 1 is 1.13 bits per heavy atom. The first-order chi connectivity index (χ1) is 18.9. The molecule has 4 rings (SSSR count).